The zero-order chi connectivity index (χ0) is 16.2. The zero-order valence-electron chi connectivity index (χ0n) is 11.9. The summed E-state index contributed by atoms with van der Waals surface area (Å²) in [6, 6.07) is 14.8. The molecule has 0 fully saturated rings. The number of aliphatic carboxylic acids is 1. The Kier molecular flexibility index (Phi) is 4.64. The number of carboxylic acid groups (broad SMARTS) is 1. The van der Waals surface area contributed by atoms with Crippen molar-refractivity contribution in [1.29, 1.82) is 0 Å². The third-order valence-corrected chi connectivity index (χ3v) is 4.33. The summed E-state index contributed by atoms with van der Waals surface area (Å²) < 4.78 is 0. The Morgan fingerprint density at radius 3 is 2.65 bits per heavy atom. The molecule has 0 amide bonds. The minimum atomic E-state index is -0.890. The van der Waals surface area contributed by atoms with Gasteiger partial charge in [0.1, 0.15) is 5.03 Å². The molecule has 0 spiro atoms. The highest BCUT2D eigenvalue weighted by Gasteiger charge is 2.11. The summed E-state index contributed by atoms with van der Waals surface area (Å²) in [4.78, 5) is 19.7. The van der Waals surface area contributed by atoms with Gasteiger partial charge in [0.2, 0.25) is 5.95 Å². The Hall–Kier alpha value is -2.31. The molecule has 0 unspecified atom stereocenters. The second-order valence-corrected chi connectivity index (χ2v) is 6.03. The maximum absolute atomic E-state index is 10.8. The molecule has 0 saturated carbocycles. The van der Waals surface area contributed by atoms with Gasteiger partial charge in [0.05, 0.1) is 22.0 Å². The first-order valence-electron chi connectivity index (χ1n) is 6.76. The summed E-state index contributed by atoms with van der Waals surface area (Å²) in [5, 5.41) is 14.0. The fourth-order valence-corrected chi connectivity index (χ4v) is 2.95. The molecular weight excluding hydrogens is 334 g/mol. The SMILES string of the molecule is O=C(O)CSc1nc(Nc2ccccc2Cl)nc2ccccc12. The van der Waals surface area contributed by atoms with E-state index in [-0.39, 0.29) is 5.75 Å². The molecule has 2 aromatic carbocycles. The van der Waals surface area contributed by atoms with Crippen LogP contribution in [-0.2, 0) is 4.79 Å². The first kappa shape index (κ1) is 15.6. The van der Waals surface area contributed by atoms with Crippen molar-refractivity contribution in [3.05, 3.63) is 53.6 Å². The highest BCUT2D eigenvalue weighted by atomic mass is 35.5. The number of aromatic nitrogens is 2. The van der Waals surface area contributed by atoms with Crippen LogP contribution in [-0.4, -0.2) is 26.8 Å². The van der Waals surface area contributed by atoms with Gasteiger partial charge in [0, 0.05) is 5.39 Å². The van der Waals surface area contributed by atoms with Gasteiger partial charge >= 0.3 is 5.97 Å². The van der Waals surface area contributed by atoms with Crippen LogP contribution in [0.2, 0.25) is 5.02 Å². The third kappa shape index (κ3) is 3.72. The van der Waals surface area contributed by atoms with Crippen LogP contribution in [0.15, 0.2) is 53.6 Å². The van der Waals surface area contributed by atoms with Crippen LogP contribution < -0.4 is 5.32 Å². The van der Waals surface area contributed by atoms with Crippen molar-refractivity contribution in [2.24, 2.45) is 0 Å². The minimum Gasteiger partial charge on any atom is -0.481 e. The number of benzene rings is 2. The molecule has 23 heavy (non-hydrogen) atoms. The molecule has 116 valence electrons. The lowest BCUT2D eigenvalue weighted by Gasteiger charge is -2.10. The van der Waals surface area contributed by atoms with Crippen LogP contribution in [0.3, 0.4) is 0 Å². The van der Waals surface area contributed by atoms with Gasteiger partial charge < -0.3 is 10.4 Å². The molecule has 0 aliphatic carbocycles. The van der Waals surface area contributed by atoms with Crippen molar-refractivity contribution < 1.29 is 9.90 Å². The topological polar surface area (TPSA) is 75.1 Å². The van der Waals surface area contributed by atoms with Crippen molar-refractivity contribution in [2.75, 3.05) is 11.1 Å². The van der Waals surface area contributed by atoms with E-state index in [1.54, 1.807) is 6.07 Å². The fourth-order valence-electron chi connectivity index (χ4n) is 2.03. The number of para-hydroxylation sites is 2. The maximum atomic E-state index is 10.8. The number of hydrogen-bond acceptors (Lipinski definition) is 5. The Morgan fingerprint density at radius 2 is 1.87 bits per heavy atom. The van der Waals surface area contributed by atoms with Gasteiger partial charge in [-0.25, -0.2) is 9.97 Å². The average molecular weight is 346 g/mol. The summed E-state index contributed by atoms with van der Waals surface area (Å²) >= 11 is 7.30. The summed E-state index contributed by atoms with van der Waals surface area (Å²) in [6.45, 7) is 0. The van der Waals surface area contributed by atoms with Gasteiger partial charge in [-0.1, -0.05) is 53.7 Å². The molecule has 1 aromatic heterocycles. The van der Waals surface area contributed by atoms with Crippen LogP contribution >= 0.6 is 23.4 Å². The standard InChI is InChI=1S/C16H12ClN3O2S/c17-11-6-2-4-8-13(11)19-16-18-12-7-3-1-5-10(12)15(20-16)23-9-14(21)22/h1-8H,9H2,(H,21,22)(H,18,19,20). The molecule has 1 heterocycles. The van der Waals surface area contributed by atoms with E-state index in [4.69, 9.17) is 16.7 Å². The number of fused-ring (bicyclic) bond motifs is 1. The largest absolute Gasteiger partial charge is 0.481 e. The summed E-state index contributed by atoms with van der Waals surface area (Å²) in [5.41, 5.74) is 1.43. The molecule has 5 nitrogen and oxygen atoms in total. The van der Waals surface area contributed by atoms with E-state index >= 15 is 0 Å². The predicted molar refractivity (Wildman–Crippen MR) is 92.6 cm³/mol. The average Bonchev–Trinajstić information content (AvgIpc) is 2.54. The van der Waals surface area contributed by atoms with Gasteiger partial charge in [0.15, 0.2) is 0 Å². The second kappa shape index (κ2) is 6.85. The Labute approximate surface area is 141 Å². The number of nitrogens with one attached hydrogen (secondary N) is 1. The lowest BCUT2D eigenvalue weighted by atomic mass is 10.2. The highest BCUT2D eigenvalue weighted by Crippen LogP contribution is 2.29. The van der Waals surface area contributed by atoms with Gasteiger partial charge in [-0.2, -0.15) is 0 Å². The number of anilines is 2. The normalized spacial score (nSPS) is 10.7. The van der Waals surface area contributed by atoms with E-state index in [1.165, 1.54) is 0 Å². The van der Waals surface area contributed by atoms with Crippen LogP contribution in [0.25, 0.3) is 10.9 Å². The van der Waals surface area contributed by atoms with Crippen molar-refractivity contribution in [3.8, 4) is 0 Å². The van der Waals surface area contributed by atoms with Gasteiger partial charge in [0.25, 0.3) is 0 Å². The molecule has 3 aromatic rings. The van der Waals surface area contributed by atoms with E-state index in [1.807, 2.05) is 42.5 Å². The van der Waals surface area contributed by atoms with Crippen molar-refractivity contribution in [2.45, 2.75) is 5.03 Å². The monoisotopic (exact) mass is 345 g/mol. The molecule has 0 aliphatic rings. The molecule has 0 radical (unpaired) electrons. The van der Waals surface area contributed by atoms with Crippen molar-refractivity contribution in [3.63, 3.8) is 0 Å². The Morgan fingerprint density at radius 1 is 1.13 bits per heavy atom. The molecule has 3 rings (SSSR count). The lowest BCUT2D eigenvalue weighted by Crippen LogP contribution is -2.02. The molecule has 0 bridgehead atoms. The number of nitrogens with zero attached hydrogens (tertiary/aromatic N) is 2. The first-order chi connectivity index (χ1) is 11.1. The summed E-state index contributed by atoms with van der Waals surface area (Å²) in [6.07, 6.45) is 0. The van der Waals surface area contributed by atoms with Crippen molar-refractivity contribution in [1.82, 2.24) is 9.97 Å². The smallest absolute Gasteiger partial charge is 0.313 e. The first-order valence-corrected chi connectivity index (χ1v) is 8.13. The number of carbonyl (C=O) groups is 1. The lowest BCUT2D eigenvalue weighted by molar-refractivity contribution is -0.133. The minimum absolute atomic E-state index is 0.0630. The number of thioether (sulfide) groups is 1. The van der Waals surface area contributed by atoms with E-state index in [0.29, 0.717) is 21.7 Å². The fraction of sp³-hybridized carbons (Fsp3) is 0.0625. The number of hydrogen-bond donors (Lipinski definition) is 2. The second-order valence-electron chi connectivity index (χ2n) is 4.66. The van der Waals surface area contributed by atoms with E-state index in [0.717, 1.165) is 22.7 Å². The molecule has 0 aliphatic heterocycles. The molecule has 2 N–H and O–H groups in total. The van der Waals surface area contributed by atoms with Gasteiger partial charge in [-0.15, -0.1) is 0 Å². The highest BCUT2D eigenvalue weighted by molar-refractivity contribution is 8.00. The Balaban J connectivity index is 2.00. The van der Waals surface area contributed by atoms with Crippen LogP contribution in [0, 0.1) is 0 Å². The van der Waals surface area contributed by atoms with Gasteiger partial charge in [-0.05, 0) is 18.2 Å². The predicted octanol–water partition coefficient (Wildman–Crippen LogP) is 4.20. The number of rotatable bonds is 5. The van der Waals surface area contributed by atoms with Crippen LogP contribution in [0.4, 0.5) is 11.6 Å². The number of carboxylic acids is 1. The Bertz CT molecular complexity index is 873. The van der Waals surface area contributed by atoms with Gasteiger partial charge in [-0.3, -0.25) is 4.79 Å². The summed E-state index contributed by atoms with van der Waals surface area (Å²) in [7, 11) is 0. The van der Waals surface area contributed by atoms with Crippen LogP contribution in [0.1, 0.15) is 0 Å². The zero-order valence-corrected chi connectivity index (χ0v) is 13.4. The molecular formula is C16H12ClN3O2S. The van der Waals surface area contributed by atoms with E-state index in [9.17, 15) is 4.79 Å². The molecule has 0 atom stereocenters. The molecule has 0 saturated heterocycles. The molecule has 7 heteroatoms. The quantitative estimate of drug-likeness (QED) is 0.533. The van der Waals surface area contributed by atoms with Crippen LogP contribution in [0.5, 0.6) is 0 Å². The maximum Gasteiger partial charge on any atom is 0.313 e. The summed E-state index contributed by atoms with van der Waals surface area (Å²) in [5.74, 6) is -0.574. The van der Waals surface area contributed by atoms with E-state index in [2.05, 4.69) is 15.3 Å². The third-order valence-electron chi connectivity index (χ3n) is 3.02. The number of halogens is 1. The van der Waals surface area contributed by atoms with E-state index < -0.39 is 5.97 Å². The van der Waals surface area contributed by atoms with Crippen molar-refractivity contribution >= 4 is 51.9 Å².